The van der Waals surface area contributed by atoms with E-state index in [2.05, 4.69) is 29.5 Å². The molecule has 0 aliphatic heterocycles. The van der Waals surface area contributed by atoms with Crippen molar-refractivity contribution in [2.45, 2.75) is 39.4 Å². The van der Waals surface area contributed by atoms with E-state index in [0.717, 1.165) is 5.69 Å². The van der Waals surface area contributed by atoms with E-state index in [1.54, 1.807) is 16.6 Å². The Labute approximate surface area is 106 Å². The van der Waals surface area contributed by atoms with Crippen LogP contribution in [0.1, 0.15) is 19.5 Å². The molecular weight excluding hydrogens is 240 g/mol. The lowest BCUT2D eigenvalue weighted by atomic mass is 10.3. The predicted molar refractivity (Wildman–Crippen MR) is 65.5 cm³/mol. The first-order valence-electron chi connectivity index (χ1n) is 6.06. The predicted octanol–water partition coefficient (Wildman–Crippen LogP) is 0.973. The minimum atomic E-state index is -2.29. The standard InChI is InChI=1S/C11H21F2N5/c1-9(2)14-6-10-7-18(16-15-10)5-4-17(3)8-11(12)13/h7,9,11,14H,4-6,8H2,1-3H3. The Morgan fingerprint density at radius 1 is 1.44 bits per heavy atom. The van der Waals surface area contributed by atoms with Gasteiger partial charge in [0.2, 0.25) is 0 Å². The van der Waals surface area contributed by atoms with Crippen LogP contribution in [0.4, 0.5) is 8.78 Å². The van der Waals surface area contributed by atoms with Gasteiger partial charge in [0.05, 0.1) is 18.8 Å². The molecule has 1 N–H and O–H groups in total. The summed E-state index contributed by atoms with van der Waals surface area (Å²) >= 11 is 0. The van der Waals surface area contributed by atoms with E-state index in [1.807, 2.05) is 6.20 Å². The van der Waals surface area contributed by atoms with Crippen molar-refractivity contribution >= 4 is 0 Å². The summed E-state index contributed by atoms with van der Waals surface area (Å²) in [6.45, 7) is 5.68. The second-order valence-electron chi connectivity index (χ2n) is 4.66. The monoisotopic (exact) mass is 261 g/mol. The Balaban J connectivity index is 2.30. The molecule has 0 aromatic carbocycles. The van der Waals surface area contributed by atoms with E-state index in [-0.39, 0.29) is 6.54 Å². The number of likely N-dealkylation sites (N-methyl/N-ethyl adjacent to an activating group) is 1. The van der Waals surface area contributed by atoms with E-state index in [1.165, 1.54) is 0 Å². The molecule has 7 heteroatoms. The Bertz CT molecular complexity index is 340. The molecule has 0 saturated carbocycles. The highest BCUT2D eigenvalue weighted by atomic mass is 19.3. The molecule has 0 unspecified atom stereocenters. The third kappa shape index (κ3) is 6.02. The van der Waals surface area contributed by atoms with Crippen molar-refractivity contribution in [2.75, 3.05) is 20.1 Å². The van der Waals surface area contributed by atoms with Crippen LogP contribution < -0.4 is 5.32 Å². The molecule has 0 radical (unpaired) electrons. The molecule has 0 aliphatic carbocycles. The molecule has 104 valence electrons. The minimum Gasteiger partial charge on any atom is -0.309 e. The zero-order valence-electron chi connectivity index (χ0n) is 11.1. The first kappa shape index (κ1) is 15.0. The van der Waals surface area contributed by atoms with Crippen LogP contribution in [0.15, 0.2) is 6.20 Å². The third-order valence-corrected chi connectivity index (χ3v) is 2.44. The van der Waals surface area contributed by atoms with Crippen LogP contribution in [0.25, 0.3) is 0 Å². The Hall–Kier alpha value is -1.08. The van der Waals surface area contributed by atoms with Crippen LogP contribution in [0.5, 0.6) is 0 Å². The number of nitrogens with zero attached hydrogens (tertiary/aromatic N) is 4. The maximum Gasteiger partial charge on any atom is 0.251 e. The zero-order chi connectivity index (χ0) is 13.5. The van der Waals surface area contributed by atoms with Gasteiger partial charge < -0.3 is 5.32 Å². The molecule has 1 heterocycles. The van der Waals surface area contributed by atoms with Crippen LogP contribution in [0.3, 0.4) is 0 Å². The molecule has 0 amide bonds. The molecule has 1 rings (SSSR count). The molecular formula is C11H21F2N5. The summed E-state index contributed by atoms with van der Waals surface area (Å²) < 4.78 is 25.9. The first-order valence-corrected chi connectivity index (χ1v) is 6.06. The van der Waals surface area contributed by atoms with Gasteiger partial charge in [-0.15, -0.1) is 5.10 Å². The van der Waals surface area contributed by atoms with E-state index >= 15 is 0 Å². The Kier molecular flexibility index (Phi) is 6.14. The fourth-order valence-electron chi connectivity index (χ4n) is 1.44. The molecule has 0 aliphatic rings. The number of hydrogen-bond donors (Lipinski definition) is 1. The molecule has 1 aromatic rings. The number of aromatic nitrogens is 3. The van der Waals surface area contributed by atoms with Crippen molar-refractivity contribution in [1.82, 2.24) is 25.2 Å². The first-order chi connectivity index (χ1) is 8.47. The highest BCUT2D eigenvalue weighted by molar-refractivity contribution is 4.91. The number of alkyl halides is 2. The Morgan fingerprint density at radius 3 is 2.78 bits per heavy atom. The van der Waals surface area contributed by atoms with E-state index in [4.69, 9.17) is 0 Å². The molecule has 0 bridgehead atoms. The number of halogens is 2. The lowest BCUT2D eigenvalue weighted by Gasteiger charge is -2.15. The average molecular weight is 261 g/mol. The highest BCUT2D eigenvalue weighted by Crippen LogP contribution is 1.97. The summed E-state index contributed by atoms with van der Waals surface area (Å²) in [7, 11) is 1.67. The quantitative estimate of drug-likeness (QED) is 0.757. The van der Waals surface area contributed by atoms with Crippen molar-refractivity contribution < 1.29 is 8.78 Å². The molecule has 0 atom stereocenters. The fraction of sp³-hybridized carbons (Fsp3) is 0.818. The largest absolute Gasteiger partial charge is 0.309 e. The van der Waals surface area contributed by atoms with Gasteiger partial charge in [-0.1, -0.05) is 19.1 Å². The maximum atomic E-state index is 12.1. The van der Waals surface area contributed by atoms with Gasteiger partial charge in [0.1, 0.15) is 0 Å². The number of hydrogen-bond acceptors (Lipinski definition) is 4. The lowest BCUT2D eigenvalue weighted by Crippen LogP contribution is -2.28. The number of rotatable bonds is 8. The van der Waals surface area contributed by atoms with Gasteiger partial charge in [0.15, 0.2) is 0 Å². The van der Waals surface area contributed by atoms with Crippen LogP contribution in [0.2, 0.25) is 0 Å². The molecule has 1 aromatic heterocycles. The van der Waals surface area contributed by atoms with E-state index in [0.29, 0.717) is 25.7 Å². The fourth-order valence-corrected chi connectivity index (χ4v) is 1.44. The van der Waals surface area contributed by atoms with Gasteiger partial charge >= 0.3 is 0 Å². The maximum absolute atomic E-state index is 12.1. The molecule has 5 nitrogen and oxygen atoms in total. The normalized spacial score (nSPS) is 12.0. The van der Waals surface area contributed by atoms with E-state index in [9.17, 15) is 8.78 Å². The minimum absolute atomic E-state index is 0.212. The van der Waals surface area contributed by atoms with Crippen LogP contribution in [-0.2, 0) is 13.1 Å². The summed E-state index contributed by atoms with van der Waals surface area (Å²) in [4.78, 5) is 1.58. The summed E-state index contributed by atoms with van der Waals surface area (Å²) in [6.07, 6.45) is -0.456. The molecule has 18 heavy (non-hydrogen) atoms. The van der Waals surface area contributed by atoms with Crippen molar-refractivity contribution in [3.63, 3.8) is 0 Å². The third-order valence-electron chi connectivity index (χ3n) is 2.44. The Morgan fingerprint density at radius 2 is 2.17 bits per heavy atom. The highest BCUT2D eigenvalue weighted by Gasteiger charge is 2.08. The van der Waals surface area contributed by atoms with Gasteiger partial charge in [-0.3, -0.25) is 9.58 Å². The van der Waals surface area contributed by atoms with Crippen LogP contribution in [-0.4, -0.2) is 52.5 Å². The summed E-state index contributed by atoms with van der Waals surface area (Å²) in [5, 5.41) is 11.2. The van der Waals surface area contributed by atoms with Gasteiger partial charge in [-0.05, 0) is 7.05 Å². The van der Waals surface area contributed by atoms with Crippen LogP contribution >= 0.6 is 0 Å². The van der Waals surface area contributed by atoms with Gasteiger partial charge in [0.25, 0.3) is 6.43 Å². The van der Waals surface area contributed by atoms with Gasteiger partial charge in [-0.25, -0.2) is 8.78 Å². The lowest BCUT2D eigenvalue weighted by molar-refractivity contribution is 0.0983. The molecule has 0 fully saturated rings. The topological polar surface area (TPSA) is 46.0 Å². The summed E-state index contributed by atoms with van der Waals surface area (Å²) in [6, 6.07) is 0.396. The second kappa shape index (κ2) is 7.38. The van der Waals surface area contributed by atoms with Crippen LogP contribution in [0, 0.1) is 0 Å². The summed E-state index contributed by atoms with van der Waals surface area (Å²) in [5.41, 5.74) is 0.861. The van der Waals surface area contributed by atoms with Crippen molar-refractivity contribution in [3.05, 3.63) is 11.9 Å². The van der Waals surface area contributed by atoms with E-state index < -0.39 is 6.43 Å². The van der Waals surface area contributed by atoms with Crippen molar-refractivity contribution in [1.29, 1.82) is 0 Å². The second-order valence-corrected chi connectivity index (χ2v) is 4.66. The average Bonchev–Trinajstić information content (AvgIpc) is 2.70. The molecule has 0 spiro atoms. The smallest absolute Gasteiger partial charge is 0.251 e. The van der Waals surface area contributed by atoms with Crippen molar-refractivity contribution in [2.24, 2.45) is 0 Å². The SMILES string of the molecule is CC(C)NCc1cn(CCN(C)CC(F)F)nn1. The van der Waals surface area contributed by atoms with Gasteiger partial charge in [0, 0.05) is 25.3 Å². The van der Waals surface area contributed by atoms with Gasteiger partial charge in [-0.2, -0.15) is 0 Å². The van der Waals surface area contributed by atoms with Crippen molar-refractivity contribution in [3.8, 4) is 0 Å². The molecule has 0 saturated heterocycles. The zero-order valence-corrected chi connectivity index (χ0v) is 11.1. The number of nitrogens with one attached hydrogen (secondary N) is 1. The summed E-state index contributed by atoms with van der Waals surface area (Å²) in [5.74, 6) is 0.